The first-order valence-electron chi connectivity index (χ1n) is 20.1. The largest absolute Gasteiger partial charge is 0.487 e. The number of aromatic amines is 1. The Morgan fingerprint density at radius 2 is 1.77 bits per heavy atom. The molecule has 7 rings (SSSR count). The number of halogens is 1. The molecule has 3 aromatic carbocycles. The molecule has 0 bridgehead atoms. The number of piperazine rings is 1. The summed E-state index contributed by atoms with van der Waals surface area (Å²) in [5, 5.41) is 13.5. The third kappa shape index (κ3) is 10.4. The second-order valence-corrected chi connectivity index (χ2v) is 17.8. The number of nitrogens with zero attached hydrogens (tertiary/aromatic N) is 4. The molecule has 2 aliphatic heterocycles. The minimum Gasteiger partial charge on any atom is -0.487 e. The number of anilines is 1. The highest BCUT2D eigenvalue weighted by molar-refractivity contribution is 7.90. The number of rotatable bonds is 15. The second kappa shape index (κ2) is 18.8. The summed E-state index contributed by atoms with van der Waals surface area (Å²) in [6.45, 7) is 11.9. The van der Waals surface area contributed by atoms with Crippen LogP contribution >= 0.6 is 11.6 Å². The van der Waals surface area contributed by atoms with E-state index >= 15 is 0 Å². The zero-order chi connectivity index (χ0) is 42.4. The fraction of sp³-hybridized carbons (Fsp3) is 0.364. The number of pyridine rings is 1. The van der Waals surface area contributed by atoms with Gasteiger partial charge < -0.3 is 24.1 Å². The monoisotopic (exact) mass is 856 g/mol. The van der Waals surface area contributed by atoms with E-state index < -0.39 is 31.4 Å². The molecule has 0 atom stereocenters. The van der Waals surface area contributed by atoms with Crippen LogP contribution in [-0.4, -0.2) is 86.7 Å². The molecule has 2 fully saturated rings. The Hall–Kier alpha value is -5.48. The number of hydrogen-bond donors (Lipinski definition) is 2. The zero-order valence-electron chi connectivity index (χ0n) is 33.9. The third-order valence-corrected chi connectivity index (χ3v) is 12.4. The van der Waals surface area contributed by atoms with Gasteiger partial charge >= 0.3 is 5.69 Å². The summed E-state index contributed by atoms with van der Waals surface area (Å²) < 4.78 is 46.7. The molecule has 5 aromatic rings. The molecule has 2 N–H and O–H groups in total. The first-order chi connectivity index (χ1) is 28.8. The fourth-order valence-corrected chi connectivity index (χ4v) is 8.67. The molecular formula is C44H49ClN6O8S. The van der Waals surface area contributed by atoms with E-state index in [0.29, 0.717) is 48.6 Å². The van der Waals surface area contributed by atoms with Crippen molar-refractivity contribution in [1.29, 1.82) is 0 Å². The minimum atomic E-state index is -4.58. The van der Waals surface area contributed by atoms with Crippen molar-refractivity contribution < 1.29 is 32.3 Å². The van der Waals surface area contributed by atoms with Crippen molar-refractivity contribution in [1.82, 2.24) is 19.6 Å². The van der Waals surface area contributed by atoms with Crippen molar-refractivity contribution in [2.45, 2.75) is 44.9 Å². The quantitative estimate of drug-likeness (QED) is 0.0765. The molecule has 2 saturated heterocycles. The predicted octanol–water partition coefficient (Wildman–Crippen LogP) is 8.48. The zero-order valence-corrected chi connectivity index (χ0v) is 35.4. The molecule has 16 heteroatoms. The summed E-state index contributed by atoms with van der Waals surface area (Å²) in [5.74, 6) is 0.0764. The Morgan fingerprint density at radius 1 is 1.02 bits per heavy atom. The average molecular weight is 857 g/mol. The standard InChI is InChI=1S/C44H49ClN6O8S/c1-29(2)22-39(32-4-6-34(45)7-5-32)30(3)27-49-16-18-50(19-17-49)35-8-10-38(42(24-35)59-36-23-33-12-15-46-43(33)47-26-36)44(52)48-60(55,56)37-9-11-41(40(25-37)51(53)54)58-28-31-13-20-57-21-14-31/h4-12,15,23-26,29,31H,13-14,16-22,27-28H2,1-3H3,(H,46,47)(H,48,52)/b39-30-. The van der Waals surface area contributed by atoms with Gasteiger partial charge in [-0.15, -0.1) is 0 Å². The van der Waals surface area contributed by atoms with E-state index in [1.807, 2.05) is 18.2 Å². The lowest BCUT2D eigenvalue weighted by Crippen LogP contribution is -2.47. The molecule has 1 amide bonds. The van der Waals surface area contributed by atoms with E-state index in [9.17, 15) is 23.3 Å². The maximum atomic E-state index is 13.9. The lowest BCUT2D eigenvalue weighted by molar-refractivity contribution is -0.386. The smallest absolute Gasteiger partial charge is 0.312 e. The van der Waals surface area contributed by atoms with E-state index in [4.69, 9.17) is 25.8 Å². The van der Waals surface area contributed by atoms with Crippen LogP contribution in [0.25, 0.3) is 16.6 Å². The summed E-state index contributed by atoms with van der Waals surface area (Å²) in [6.07, 6.45) is 5.75. The molecule has 4 heterocycles. The summed E-state index contributed by atoms with van der Waals surface area (Å²) in [6, 6.07) is 20.0. The number of hydrogen-bond acceptors (Lipinski definition) is 11. The summed E-state index contributed by atoms with van der Waals surface area (Å²) in [4.78, 5) is 36.8. The SMILES string of the molecule is C/C(CN1CCN(c2ccc(C(=O)NS(=O)(=O)c3ccc(OCC4CCOCC4)c([N+](=O)[O-])c3)c(Oc3cnc4[nH]ccc4c3)c2)CC1)=C(\CC(C)C)c1ccc(Cl)cc1. The van der Waals surface area contributed by atoms with E-state index in [0.717, 1.165) is 56.0 Å². The van der Waals surface area contributed by atoms with Crippen LogP contribution < -0.4 is 19.1 Å². The van der Waals surface area contributed by atoms with Gasteiger partial charge in [0.1, 0.15) is 17.1 Å². The Kier molecular flexibility index (Phi) is 13.4. The number of nitro benzene ring substituents is 1. The highest BCUT2D eigenvalue weighted by Gasteiger charge is 2.28. The number of allylic oxidation sites excluding steroid dienone is 1. The van der Waals surface area contributed by atoms with E-state index in [-0.39, 0.29) is 29.6 Å². The van der Waals surface area contributed by atoms with Gasteiger partial charge in [-0.2, -0.15) is 0 Å². The second-order valence-electron chi connectivity index (χ2n) is 15.7. The van der Waals surface area contributed by atoms with Crippen LogP contribution in [0.15, 0.2) is 95.7 Å². The number of nitro groups is 1. The van der Waals surface area contributed by atoms with Crippen LogP contribution in [0.1, 0.15) is 56.0 Å². The van der Waals surface area contributed by atoms with Gasteiger partial charge in [-0.1, -0.05) is 43.2 Å². The Balaban J connectivity index is 1.09. The van der Waals surface area contributed by atoms with Crippen LogP contribution in [0.2, 0.25) is 5.02 Å². The van der Waals surface area contributed by atoms with Crippen LogP contribution in [0.3, 0.4) is 0 Å². The molecule has 316 valence electrons. The maximum absolute atomic E-state index is 13.9. The molecule has 2 aromatic heterocycles. The normalized spacial score (nSPS) is 15.8. The molecule has 0 unspecified atom stereocenters. The van der Waals surface area contributed by atoms with E-state index in [1.165, 1.54) is 41.1 Å². The van der Waals surface area contributed by atoms with Crippen molar-refractivity contribution in [3.8, 4) is 17.2 Å². The number of amides is 1. The number of ether oxygens (including phenoxy) is 3. The van der Waals surface area contributed by atoms with Crippen molar-refractivity contribution in [3.05, 3.63) is 117 Å². The predicted molar refractivity (Wildman–Crippen MR) is 232 cm³/mol. The van der Waals surface area contributed by atoms with Gasteiger partial charge in [0.2, 0.25) is 0 Å². The van der Waals surface area contributed by atoms with Gasteiger partial charge in [0.15, 0.2) is 5.75 Å². The topological polar surface area (TPSA) is 169 Å². The van der Waals surface area contributed by atoms with E-state index in [1.54, 1.807) is 24.4 Å². The first kappa shape index (κ1) is 42.6. The highest BCUT2D eigenvalue weighted by Crippen LogP contribution is 2.34. The molecule has 0 aliphatic carbocycles. The highest BCUT2D eigenvalue weighted by atomic mass is 35.5. The molecule has 0 saturated carbocycles. The number of carbonyl (C=O) groups is 1. The van der Waals surface area contributed by atoms with Gasteiger partial charge in [0.25, 0.3) is 15.9 Å². The summed E-state index contributed by atoms with van der Waals surface area (Å²) in [7, 11) is -4.58. The van der Waals surface area contributed by atoms with Crippen molar-refractivity contribution in [3.63, 3.8) is 0 Å². The van der Waals surface area contributed by atoms with Crippen molar-refractivity contribution >= 4 is 55.5 Å². The first-order valence-corrected chi connectivity index (χ1v) is 21.9. The van der Waals surface area contributed by atoms with Gasteiger partial charge in [0, 0.05) is 80.4 Å². The van der Waals surface area contributed by atoms with Crippen LogP contribution in [-0.2, 0) is 14.8 Å². The number of sulfonamides is 1. The summed E-state index contributed by atoms with van der Waals surface area (Å²) in [5.41, 5.74) is 4.70. The van der Waals surface area contributed by atoms with Crippen molar-refractivity contribution in [2.24, 2.45) is 11.8 Å². The molecule has 14 nitrogen and oxygen atoms in total. The Bertz CT molecular complexity index is 2480. The minimum absolute atomic E-state index is 0.0540. The molecule has 0 radical (unpaired) electrons. The van der Waals surface area contributed by atoms with Crippen LogP contribution in [0.4, 0.5) is 11.4 Å². The van der Waals surface area contributed by atoms with E-state index in [2.05, 4.69) is 57.4 Å². The maximum Gasteiger partial charge on any atom is 0.312 e. The van der Waals surface area contributed by atoms with Gasteiger partial charge in [-0.3, -0.25) is 19.8 Å². The van der Waals surface area contributed by atoms with Gasteiger partial charge in [0.05, 0.1) is 28.2 Å². The molecule has 60 heavy (non-hydrogen) atoms. The van der Waals surface area contributed by atoms with Crippen molar-refractivity contribution in [2.75, 3.05) is 57.4 Å². The van der Waals surface area contributed by atoms with Crippen LogP contribution in [0, 0.1) is 22.0 Å². The Morgan fingerprint density at radius 3 is 2.48 bits per heavy atom. The van der Waals surface area contributed by atoms with Crippen LogP contribution in [0.5, 0.6) is 17.2 Å². The average Bonchev–Trinajstić information content (AvgIpc) is 3.71. The number of aromatic nitrogens is 2. The number of H-pyrrole nitrogens is 1. The van der Waals surface area contributed by atoms with Gasteiger partial charge in [-0.25, -0.2) is 18.1 Å². The lowest BCUT2D eigenvalue weighted by Gasteiger charge is -2.37. The fourth-order valence-electron chi connectivity index (χ4n) is 7.56. The number of fused-ring (bicyclic) bond motifs is 1. The lowest BCUT2D eigenvalue weighted by atomic mass is 9.92. The molecule has 2 aliphatic rings. The number of carbonyl (C=O) groups excluding carboxylic acids is 1. The Labute approximate surface area is 354 Å². The molecule has 0 spiro atoms. The number of benzene rings is 3. The summed E-state index contributed by atoms with van der Waals surface area (Å²) >= 11 is 6.20. The van der Waals surface area contributed by atoms with Gasteiger partial charge in [-0.05, 0) is 97.7 Å². The molecular weight excluding hydrogens is 808 g/mol. The third-order valence-electron chi connectivity index (χ3n) is 10.8. The number of nitrogens with one attached hydrogen (secondary N) is 2.